The number of carbonyl (C=O) groups is 1. The normalized spacial score (nSPS) is 12.1. The van der Waals surface area contributed by atoms with Gasteiger partial charge in [-0.1, -0.05) is 12.1 Å². The van der Waals surface area contributed by atoms with E-state index >= 15 is 0 Å². The number of aryl methyl sites for hydroxylation is 1. The SMILES string of the molecule is COc1cccc(-c2nc(C(=O)NCc3ccc4c(c3)OCO4)c(C)o2)c1. The molecule has 0 radical (unpaired) electrons. The number of aromatic nitrogens is 1. The van der Waals surface area contributed by atoms with Gasteiger partial charge in [0, 0.05) is 12.1 Å². The molecule has 0 spiro atoms. The van der Waals surface area contributed by atoms with Crippen LogP contribution < -0.4 is 19.5 Å². The second-order valence-electron chi connectivity index (χ2n) is 6.03. The maximum absolute atomic E-state index is 12.5. The summed E-state index contributed by atoms with van der Waals surface area (Å²) in [6.07, 6.45) is 0. The molecule has 0 atom stereocenters. The number of hydrogen-bond acceptors (Lipinski definition) is 6. The first kappa shape index (κ1) is 17.0. The van der Waals surface area contributed by atoms with Crippen molar-refractivity contribution >= 4 is 5.91 Å². The lowest BCUT2D eigenvalue weighted by atomic mass is 10.2. The molecule has 3 aromatic rings. The lowest BCUT2D eigenvalue weighted by Crippen LogP contribution is -2.23. The van der Waals surface area contributed by atoms with Gasteiger partial charge < -0.3 is 23.9 Å². The Morgan fingerprint density at radius 3 is 2.89 bits per heavy atom. The van der Waals surface area contributed by atoms with E-state index in [1.807, 2.05) is 36.4 Å². The van der Waals surface area contributed by atoms with Gasteiger partial charge in [-0.2, -0.15) is 0 Å². The Hall–Kier alpha value is -3.48. The van der Waals surface area contributed by atoms with Gasteiger partial charge in [-0.15, -0.1) is 0 Å². The number of amides is 1. The summed E-state index contributed by atoms with van der Waals surface area (Å²) in [7, 11) is 1.59. The third-order valence-corrected chi connectivity index (χ3v) is 4.22. The first-order valence-electron chi connectivity index (χ1n) is 8.42. The van der Waals surface area contributed by atoms with E-state index in [1.54, 1.807) is 20.1 Å². The summed E-state index contributed by atoms with van der Waals surface area (Å²) in [5.74, 6) is 2.61. The fraction of sp³-hybridized carbons (Fsp3) is 0.200. The molecule has 1 N–H and O–H groups in total. The summed E-state index contributed by atoms with van der Waals surface area (Å²) in [6.45, 7) is 2.28. The van der Waals surface area contributed by atoms with Gasteiger partial charge in [0.15, 0.2) is 17.2 Å². The Labute approximate surface area is 155 Å². The quantitative estimate of drug-likeness (QED) is 0.746. The van der Waals surface area contributed by atoms with Crippen LogP contribution in [0.15, 0.2) is 46.9 Å². The highest BCUT2D eigenvalue weighted by Crippen LogP contribution is 2.32. The Balaban J connectivity index is 1.48. The molecule has 0 fully saturated rings. The molecule has 4 rings (SSSR count). The Bertz CT molecular complexity index is 996. The van der Waals surface area contributed by atoms with E-state index in [2.05, 4.69) is 10.3 Å². The molecule has 0 unspecified atom stereocenters. The minimum atomic E-state index is -0.303. The molecule has 0 saturated heterocycles. The largest absolute Gasteiger partial charge is 0.497 e. The fourth-order valence-electron chi connectivity index (χ4n) is 2.80. The van der Waals surface area contributed by atoms with Gasteiger partial charge in [-0.3, -0.25) is 4.79 Å². The molecule has 2 aromatic carbocycles. The molecule has 0 aliphatic carbocycles. The second-order valence-corrected chi connectivity index (χ2v) is 6.03. The lowest BCUT2D eigenvalue weighted by Gasteiger charge is -2.05. The molecule has 27 heavy (non-hydrogen) atoms. The summed E-state index contributed by atoms with van der Waals surface area (Å²) < 4.78 is 21.5. The number of ether oxygens (including phenoxy) is 3. The van der Waals surface area contributed by atoms with E-state index < -0.39 is 0 Å². The van der Waals surface area contributed by atoms with E-state index in [0.717, 1.165) is 11.1 Å². The van der Waals surface area contributed by atoms with Crippen molar-refractivity contribution in [2.45, 2.75) is 13.5 Å². The maximum atomic E-state index is 12.5. The van der Waals surface area contributed by atoms with Crippen molar-refractivity contribution in [1.82, 2.24) is 10.3 Å². The topological polar surface area (TPSA) is 82.8 Å². The number of nitrogens with zero attached hydrogens (tertiary/aromatic N) is 1. The van der Waals surface area contributed by atoms with Crippen LogP contribution in [0.5, 0.6) is 17.2 Å². The van der Waals surface area contributed by atoms with E-state index in [0.29, 0.717) is 35.4 Å². The fourth-order valence-corrected chi connectivity index (χ4v) is 2.80. The predicted molar refractivity (Wildman–Crippen MR) is 97.0 cm³/mol. The molecule has 1 aliphatic rings. The second kappa shape index (κ2) is 7.03. The number of oxazole rings is 1. The summed E-state index contributed by atoms with van der Waals surface area (Å²) in [4.78, 5) is 16.9. The van der Waals surface area contributed by atoms with Gasteiger partial charge in [0.1, 0.15) is 11.5 Å². The van der Waals surface area contributed by atoms with Crippen molar-refractivity contribution in [1.29, 1.82) is 0 Å². The van der Waals surface area contributed by atoms with E-state index in [-0.39, 0.29) is 18.4 Å². The van der Waals surface area contributed by atoms with Crippen LogP contribution in [0.3, 0.4) is 0 Å². The number of benzene rings is 2. The van der Waals surface area contributed by atoms with Crippen molar-refractivity contribution in [3.63, 3.8) is 0 Å². The molecular formula is C20H18N2O5. The van der Waals surface area contributed by atoms with Crippen LogP contribution in [-0.4, -0.2) is 24.8 Å². The lowest BCUT2D eigenvalue weighted by molar-refractivity contribution is 0.0945. The van der Waals surface area contributed by atoms with Crippen LogP contribution >= 0.6 is 0 Å². The van der Waals surface area contributed by atoms with Crippen LogP contribution in [0.25, 0.3) is 11.5 Å². The van der Waals surface area contributed by atoms with Gasteiger partial charge in [0.2, 0.25) is 12.7 Å². The highest BCUT2D eigenvalue weighted by molar-refractivity contribution is 5.93. The van der Waals surface area contributed by atoms with Crippen molar-refractivity contribution in [2.24, 2.45) is 0 Å². The molecule has 2 heterocycles. The molecule has 1 amide bonds. The minimum Gasteiger partial charge on any atom is -0.497 e. The smallest absolute Gasteiger partial charge is 0.273 e. The summed E-state index contributed by atoms with van der Waals surface area (Å²) in [5, 5.41) is 2.85. The minimum absolute atomic E-state index is 0.219. The predicted octanol–water partition coefficient (Wildman–Crippen LogP) is 3.32. The average molecular weight is 366 g/mol. The van der Waals surface area contributed by atoms with Crippen molar-refractivity contribution in [3.05, 3.63) is 59.5 Å². The maximum Gasteiger partial charge on any atom is 0.273 e. The molecular weight excluding hydrogens is 348 g/mol. The Morgan fingerprint density at radius 1 is 1.19 bits per heavy atom. The number of carbonyl (C=O) groups excluding carboxylic acids is 1. The first-order valence-corrected chi connectivity index (χ1v) is 8.42. The van der Waals surface area contributed by atoms with Gasteiger partial charge >= 0.3 is 0 Å². The molecule has 138 valence electrons. The number of rotatable bonds is 5. The van der Waals surface area contributed by atoms with Crippen molar-refractivity contribution in [3.8, 4) is 28.7 Å². The average Bonchev–Trinajstić information content (AvgIpc) is 3.32. The summed E-state index contributed by atoms with van der Waals surface area (Å²) >= 11 is 0. The number of nitrogens with one attached hydrogen (secondary N) is 1. The summed E-state index contributed by atoms with van der Waals surface area (Å²) in [5.41, 5.74) is 1.91. The molecule has 1 aliphatic heterocycles. The number of fused-ring (bicyclic) bond motifs is 1. The van der Waals surface area contributed by atoms with Crippen LogP contribution in [0, 0.1) is 6.92 Å². The van der Waals surface area contributed by atoms with Crippen LogP contribution in [0.2, 0.25) is 0 Å². The summed E-state index contributed by atoms with van der Waals surface area (Å²) in [6, 6.07) is 12.9. The monoisotopic (exact) mass is 366 g/mol. The molecule has 0 saturated carbocycles. The zero-order valence-electron chi connectivity index (χ0n) is 14.9. The van der Waals surface area contributed by atoms with Gasteiger partial charge in [0.05, 0.1) is 7.11 Å². The number of methoxy groups -OCH3 is 1. The van der Waals surface area contributed by atoms with Crippen LogP contribution in [0.4, 0.5) is 0 Å². The standard InChI is InChI=1S/C20H18N2O5/c1-12-18(22-20(27-12)14-4-3-5-15(9-14)24-2)19(23)21-10-13-6-7-16-17(8-13)26-11-25-16/h3-9H,10-11H2,1-2H3,(H,21,23). The first-order chi connectivity index (χ1) is 13.1. The van der Waals surface area contributed by atoms with E-state index in [4.69, 9.17) is 18.6 Å². The highest BCUT2D eigenvalue weighted by Gasteiger charge is 2.19. The number of hydrogen-bond donors (Lipinski definition) is 1. The Morgan fingerprint density at radius 2 is 2.04 bits per heavy atom. The van der Waals surface area contributed by atoms with Gasteiger partial charge in [0.25, 0.3) is 5.91 Å². The van der Waals surface area contributed by atoms with E-state index in [1.165, 1.54) is 0 Å². The molecule has 1 aromatic heterocycles. The van der Waals surface area contributed by atoms with Gasteiger partial charge in [-0.05, 0) is 42.8 Å². The highest BCUT2D eigenvalue weighted by atomic mass is 16.7. The molecule has 0 bridgehead atoms. The van der Waals surface area contributed by atoms with E-state index in [9.17, 15) is 4.79 Å². The third kappa shape index (κ3) is 3.44. The zero-order valence-corrected chi connectivity index (χ0v) is 14.9. The molecule has 7 heteroatoms. The van der Waals surface area contributed by atoms with Crippen molar-refractivity contribution < 1.29 is 23.4 Å². The third-order valence-electron chi connectivity index (χ3n) is 4.22. The molecule has 7 nitrogen and oxygen atoms in total. The van der Waals surface area contributed by atoms with Gasteiger partial charge in [-0.25, -0.2) is 4.98 Å². The van der Waals surface area contributed by atoms with Crippen LogP contribution in [0.1, 0.15) is 21.8 Å². The van der Waals surface area contributed by atoms with Crippen molar-refractivity contribution in [2.75, 3.05) is 13.9 Å². The Kier molecular flexibility index (Phi) is 4.42. The van der Waals surface area contributed by atoms with Crippen LogP contribution in [-0.2, 0) is 6.54 Å². The zero-order chi connectivity index (χ0) is 18.8.